The van der Waals surface area contributed by atoms with Crippen molar-refractivity contribution in [2.45, 2.75) is 84.3 Å². The van der Waals surface area contributed by atoms with Crippen molar-refractivity contribution in [3.05, 3.63) is 29.5 Å². The van der Waals surface area contributed by atoms with E-state index in [-0.39, 0.29) is 16.9 Å². The summed E-state index contributed by atoms with van der Waals surface area (Å²) >= 11 is 0. The van der Waals surface area contributed by atoms with E-state index in [1.165, 1.54) is 32.1 Å². The first-order chi connectivity index (χ1) is 14.9. The Morgan fingerprint density at radius 1 is 1.19 bits per heavy atom. The van der Waals surface area contributed by atoms with Crippen molar-refractivity contribution in [2.24, 2.45) is 39.5 Å². The van der Waals surface area contributed by atoms with Gasteiger partial charge in [-0.2, -0.15) is 0 Å². The lowest BCUT2D eigenvalue weighted by molar-refractivity contribution is -0.0722. The number of hydrogen-bond donors (Lipinski definition) is 2. The van der Waals surface area contributed by atoms with E-state index in [0.717, 1.165) is 42.6 Å². The summed E-state index contributed by atoms with van der Waals surface area (Å²) in [6.07, 6.45) is 13.8. The number of allylic oxidation sites excluding steroid dienone is 2. The van der Waals surface area contributed by atoms with Crippen LogP contribution in [0.4, 0.5) is 0 Å². The second kappa shape index (κ2) is 8.04. The first-order valence-electron chi connectivity index (χ1n) is 12.2. The van der Waals surface area contributed by atoms with Crippen LogP contribution >= 0.6 is 0 Å². The number of fused-ring (bicyclic) bond motifs is 5. The minimum absolute atomic E-state index is 0.0933. The van der Waals surface area contributed by atoms with Crippen molar-refractivity contribution < 1.29 is 14.4 Å². The predicted molar refractivity (Wildman–Crippen MR) is 119 cm³/mol. The van der Waals surface area contributed by atoms with Crippen LogP contribution in [-0.2, 0) is 17.8 Å². The van der Waals surface area contributed by atoms with Gasteiger partial charge in [0.05, 0.1) is 24.6 Å². The van der Waals surface area contributed by atoms with Gasteiger partial charge in [0.1, 0.15) is 12.4 Å². The molecule has 170 valence electrons. The molecule has 0 radical (unpaired) electrons. The smallest absolute Gasteiger partial charge is 0.208 e. The fraction of sp³-hybridized carbons (Fsp3) is 0.760. The maximum absolute atomic E-state index is 10.6. The molecule has 6 heteroatoms. The minimum atomic E-state index is -0.0933. The third kappa shape index (κ3) is 3.56. The average Bonchev–Trinajstić information content (AvgIpc) is 3.35. The first kappa shape index (κ1) is 21.2. The number of nitrogens with two attached hydrogens (primary N) is 1. The highest BCUT2D eigenvalue weighted by Crippen LogP contribution is 2.65. The van der Waals surface area contributed by atoms with Gasteiger partial charge in [-0.25, -0.2) is 4.98 Å². The molecule has 1 aromatic rings. The largest absolute Gasteiger partial charge is 0.444 e. The lowest BCUT2D eigenvalue weighted by Crippen LogP contribution is -2.51. The molecule has 0 spiro atoms. The number of aliphatic hydroxyl groups excluding tert-OH is 1. The molecule has 5 unspecified atom stereocenters. The Kier molecular flexibility index (Phi) is 5.50. The number of oxazole rings is 1. The lowest BCUT2D eigenvalue weighted by atomic mass is 9.47. The van der Waals surface area contributed by atoms with Gasteiger partial charge in [0, 0.05) is 6.42 Å². The highest BCUT2D eigenvalue weighted by atomic mass is 16.6. The molecule has 6 atom stereocenters. The third-order valence-corrected chi connectivity index (χ3v) is 9.32. The van der Waals surface area contributed by atoms with Crippen LogP contribution in [-0.4, -0.2) is 28.5 Å². The molecule has 4 aliphatic carbocycles. The fourth-order valence-corrected chi connectivity index (χ4v) is 7.45. The summed E-state index contributed by atoms with van der Waals surface area (Å²) in [6, 6.07) is 0. The van der Waals surface area contributed by atoms with E-state index in [4.69, 9.17) is 15.0 Å². The zero-order chi connectivity index (χ0) is 21.6. The van der Waals surface area contributed by atoms with E-state index in [1.54, 1.807) is 11.8 Å². The summed E-state index contributed by atoms with van der Waals surface area (Å²) < 4.78 is 5.51. The van der Waals surface area contributed by atoms with Crippen molar-refractivity contribution in [3.63, 3.8) is 0 Å². The second-order valence-corrected chi connectivity index (χ2v) is 10.7. The molecule has 3 saturated carbocycles. The molecule has 31 heavy (non-hydrogen) atoms. The zero-order valence-corrected chi connectivity index (χ0v) is 19.0. The topological polar surface area (TPSA) is 93.9 Å². The van der Waals surface area contributed by atoms with Gasteiger partial charge in [-0.3, -0.25) is 0 Å². The van der Waals surface area contributed by atoms with Crippen molar-refractivity contribution in [1.82, 2.24) is 4.98 Å². The van der Waals surface area contributed by atoms with E-state index in [2.05, 4.69) is 30.1 Å². The Labute approximate surface area is 185 Å². The van der Waals surface area contributed by atoms with Gasteiger partial charge in [0.25, 0.3) is 0 Å². The first-order valence-corrected chi connectivity index (χ1v) is 12.2. The van der Waals surface area contributed by atoms with Crippen molar-refractivity contribution in [2.75, 3.05) is 6.61 Å². The molecule has 3 fully saturated rings. The molecular weight excluding hydrogens is 390 g/mol. The van der Waals surface area contributed by atoms with Crippen LogP contribution in [0.1, 0.15) is 76.9 Å². The maximum Gasteiger partial charge on any atom is 0.208 e. The summed E-state index contributed by atoms with van der Waals surface area (Å²) in [5.74, 6) is 3.57. The number of rotatable bonds is 5. The average molecular weight is 428 g/mol. The van der Waals surface area contributed by atoms with E-state index in [0.29, 0.717) is 31.4 Å². The number of aliphatic hydroxyl groups is 1. The normalized spacial score (nSPS) is 40.8. The molecule has 1 aromatic heterocycles. The highest BCUT2D eigenvalue weighted by molar-refractivity contribution is 5.96. The lowest BCUT2D eigenvalue weighted by Gasteiger charge is -2.57. The van der Waals surface area contributed by atoms with Crippen LogP contribution in [0.25, 0.3) is 0 Å². The molecule has 0 aromatic carbocycles. The van der Waals surface area contributed by atoms with Crippen LogP contribution in [0.5, 0.6) is 0 Å². The number of oxime groups is 1. The summed E-state index contributed by atoms with van der Waals surface area (Å²) in [5.41, 5.74) is 8.62. The van der Waals surface area contributed by atoms with Crippen molar-refractivity contribution >= 4 is 5.71 Å². The Hall–Kier alpha value is -1.66. The van der Waals surface area contributed by atoms with E-state index in [9.17, 15) is 5.11 Å². The van der Waals surface area contributed by atoms with Gasteiger partial charge < -0.3 is 20.1 Å². The van der Waals surface area contributed by atoms with Crippen LogP contribution in [0.3, 0.4) is 0 Å². The predicted octanol–water partition coefficient (Wildman–Crippen LogP) is 4.37. The second-order valence-electron chi connectivity index (χ2n) is 10.7. The van der Waals surface area contributed by atoms with Gasteiger partial charge in [-0.15, -0.1) is 0 Å². The molecule has 4 aliphatic rings. The van der Waals surface area contributed by atoms with Crippen LogP contribution < -0.4 is 5.73 Å². The summed E-state index contributed by atoms with van der Waals surface area (Å²) in [6.45, 7) is 5.66. The van der Waals surface area contributed by atoms with Crippen LogP contribution in [0.2, 0.25) is 0 Å². The van der Waals surface area contributed by atoms with Gasteiger partial charge in [-0.1, -0.05) is 24.6 Å². The van der Waals surface area contributed by atoms with Gasteiger partial charge in [-0.05, 0) is 86.0 Å². The molecule has 0 aliphatic heterocycles. The summed E-state index contributed by atoms with van der Waals surface area (Å²) in [4.78, 5) is 9.73. The van der Waals surface area contributed by atoms with E-state index >= 15 is 0 Å². The highest BCUT2D eigenvalue weighted by Gasteiger charge is 2.58. The SMILES string of the molecule is CC12CC[C@@H]3C(CCC4=CC(=NOCCc5cnc(CN)o5)CCC43C)C1CCC2O. The summed E-state index contributed by atoms with van der Waals surface area (Å²) in [5, 5.41) is 15.1. The van der Waals surface area contributed by atoms with Gasteiger partial charge in [0.15, 0.2) is 0 Å². The minimum Gasteiger partial charge on any atom is -0.444 e. The third-order valence-electron chi connectivity index (χ3n) is 9.32. The molecule has 0 bridgehead atoms. The molecule has 5 rings (SSSR count). The number of aromatic nitrogens is 1. The molecule has 0 amide bonds. The van der Waals surface area contributed by atoms with Gasteiger partial charge in [0.2, 0.25) is 5.89 Å². The Morgan fingerprint density at radius 2 is 2.06 bits per heavy atom. The maximum atomic E-state index is 10.6. The Balaban J connectivity index is 1.24. The standard InChI is InChI=1S/C25H37N3O3/c1-24-10-7-17(28-30-12-9-18-15-27-23(14-26)31-18)13-16(24)3-4-19-20-5-6-22(29)25(20,2)11-8-21(19)24/h13,15,19-22,29H,3-12,14,26H2,1-2H3/t19?,20?,21-,22?,24?,25?/m1/s1. The number of nitrogens with zero attached hydrogens (tertiary/aromatic N) is 2. The van der Waals surface area contributed by atoms with Gasteiger partial charge >= 0.3 is 0 Å². The van der Waals surface area contributed by atoms with Crippen LogP contribution in [0.15, 0.2) is 27.4 Å². The van der Waals surface area contributed by atoms with E-state index in [1.807, 2.05) is 0 Å². The van der Waals surface area contributed by atoms with Crippen molar-refractivity contribution in [1.29, 1.82) is 0 Å². The molecular formula is C25H37N3O3. The Morgan fingerprint density at radius 3 is 2.87 bits per heavy atom. The zero-order valence-electron chi connectivity index (χ0n) is 19.0. The monoisotopic (exact) mass is 427 g/mol. The Bertz CT molecular complexity index is 877. The molecule has 1 heterocycles. The van der Waals surface area contributed by atoms with E-state index < -0.39 is 0 Å². The molecule has 3 N–H and O–H groups in total. The van der Waals surface area contributed by atoms with Crippen molar-refractivity contribution in [3.8, 4) is 0 Å². The molecule has 6 nitrogen and oxygen atoms in total. The molecule has 0 saturated heterocycles. The summed E-state index contributed by atoms with van der Waals surface area (Å²) in [7, 11) is 0. The number of hydrogen-bond acceptors (Lipinski definition) is 6. The fourth-order valence-electron chi connectivity index (χ4n) is 7.45. The quantitative estimate of drug-likeness (QED) is 0.537. The van der Waals surface area contributed by atoms with Crippen LogP contribution in [0, 0.1) is 28.6 Å².